The normalized spacial score (nSPS) is 16.3. The maximum Gasteiger partial charge on any atom is 0.264 e. The topological polar surface area (TPSA) is 92.7 Å². The standard InChI is InChI=1S/C17H13ClFN5O2/c1-8-16-11(10-3-2-9(18)6-12(10)19)7-15(26)20-17(16)24(23-8)13-4-5-14(25)22-21-13/h2-6,11H,7H2,1H3,(H,20,26)(H,22,25). The summed E-state index contributed by atoms with van der Waals surface area (Å²) in [5.41, 5.74) is 1.37. The van der Waals surface area contributed by atoms with Crippen LogP contribution in [-0.4, -0.2) is 25.9 Å². The first-order valence-electron chi connectivity index (χ1n) is 7.84. The van der Waals surface area contributed by atoms with Crippen LogP contribution in [0.15, 0.2) is 35.1 Å². The number of aromatic nitrogens is 4. The van der Waals surface area contributed by atoms with Gasteiger partial charge in [0.05, 0.1) is 5.69 Å². The Bertz CT molecular complexity index is 1070. The predicted molar refractivity (Wildman–Crippen MR) is 93.2 cm³/mol. The summed E-state index contributed by atoms with van der Waals surface area (Å²) in [5, 5.41) is 13.8. The summed E-state index contributed by atoms with van der Waals surface area (Å²) in [6, 6.07) is 7.21. The molecule has 3 heterocycles. The van der Waals surface area contributed by atoms with E-state index in [4.69, 9.17) is 11.6 Å². The van der Waals surface area contributed by atoms with Crippen LogP contribution in [0.25, 0.3) is 5.82 Å². The number of benzene rings is 1. The molecule has 1 aliphatic rings. The van der Waals surface area contributed by atoms with Crippen LogP contribution in [0.3, 0.4) is 0 Å². The SMILES string of the molecule is Cc1nn(-c2ccc(=O)[nH]n2)c2c1C(c1ccc(Cl)cc1F)CC(=O)N2. The third-order valence-corrected chi connectivity index (χ3v) is 4.56. The average molecular weight is 374 g/mol. The molecule has 26 heavy (non-hydrogen) atoms. The third-order valence-electron chi connectivity index (χ3n) is 4.32. The zero-order chi connectivity index (χ0) is 18.4. The van der Waals surface area contributed by atoms with Crippen LogP contribution in [0.4, 0.5) is 10.2 Å². The van der Waals surface area contributed by atoms with E-state index in [1.165, 1.54) is 22.9 Å². The summed E-state index contributed by atoms with van der Waals surface area (Å²) >= 11 is 5.84. The van der Waals surface area contributed by atoms with Gasteiger partial charge in [-0.15, -0.1) is 0 Å². The van der Waals surface area contributed by atoms with E-state index in [1.54, 1.807) is 19.1 Å². The zero-order valence-electron chi connectivity index (χ0n) is 13.6. The van der Waals surface area contributed by atoms with Gasteiger partial charge in [-0.05, 0) is 30.7 Å². The first-order chi connectivity index (χ1) is 12.4. The number of amides is 1. The second-order valence-corrected chi connectivity index (χ2v) is 6.45. The molecule has 0 aliphatic carbocycles. The van der Waals surface area contributed by atoms with Gasteiger partial charge in [-0.2, -0.15) is 14.9 Å². The molecule has 1 aromatic carbocycles. The number of nitrogens with zero attached hydrogens (tertiary/aromatic N) is 3. The molecule has 9 heteroatoms. The van der Waals surface area contributed by atoms with Crippen molar-refractivity contribution in [2.75, 3.05) is 5.32 Å². The van der Waals surface area contributed by atoms with Crippen LogP contribution in [0.2, 0.25) is 5.02 Å². The van der Waals surface area contributed by atoms with E-state index in [-0.39, 0.29) is 22.9 Å². The molecule has 4 rings (SSSR count). The second-order valence-electron chi connectivity index (χ2n) is 6.01. The first kappa shape index (κ1) is 16.5. The van der Waals surface area contributed by atoms with Gasteiger partial charge in [0.1, 0.15) is 11.6 Å². The molecular weight excluding hydrogens is 361 g/mol. The van der Waals surface area contributed by atoms with Crippen LogP contribution >= 0.6 is 11.6 Å². The van der Waals surface area contributed by atoms with Gasteiger partial charge in [-0.3, -0.25) is 9.59 Å². The van der Waals surface area contributed by atoms with Crippen LogP contribution in [0.1, 0.15) is 29.2 Å². The molecule has 2 N–H and O–H groups in total. The number of nitrogens with one attached hydrogen (secondary N) is 2. The fourth-order valence-corrected chi connectivity index (χ4v) is 3.38. The monoisotopic (exact) mass is 373 g/mol. The van der Waals surface area contributed by atoms with Crippen LogP contribution in [0.5, 0.6) is 0 Å². The van der Waals surface area contributed by atoms with E-state index < -0.39 is 11.7 Å². The number of halogens is 2. The summed E-state index contributed by atoms with van der Waals surface area (Å²) in [4.78, 5) is 23.5. The molecule has 0 fully saturated rings. The van der Waals surface area contributed by atoms with Crippen LogP contribution < -0.4 is 10.9 Å². The number of aryl methyl sites for hydroxylation is 1. The molecule has 132 valence electrons. The Hall–Kier alpha value is -3.00. The van der Waals surface area contributed by atoms with Crippen LogP contribution in [0, 0.1) is 12.7 Å². The van der Waals surface area contributed by atoms with Crippen molar-refractivity contribution in [2.24, 2.45) is 0 Å². The third kappa shape index (κ3) is 2.68. The van der Waals surface area contributed by atoms with E-state index in [9.17, 15) is 14.0 Å². The lowest BCUT2D eigenvalue weighted by Gasteiger charge is -2.24. The molecule has 1 aliphatic heterocycles. The largest absolute Gasteiger partial charge is 0.310 e. The fourth-order valence-electron chi connectivity index (χ4n) is 3.22. The van der Waals surface area contributed by atoms with Gasteiger partial charge in [0.25, 0.3) is 5.56 Å². The Balaban J connectivity index is 1.89. The molecule has 0 radical (unpaired) electrons. The van der Waals surface area contributed by atoms with Crippen molar-refractivity contribution in [3.63, 3.8) is 0 Å². The second kappa shape index (κ2) is 6.06. The maximum absolute atomic E-state index is 14.5. The summed E-state index contributed by atoms with van der Waals surface area (Å²) in [6.07, 6.45) is 0.0944. The highest BCUT2D eigenvalue weighted by Gasteiger charge is 2.34. The summed E-state index contributed by atoms with van der Waals surface area (Å²) in [6.45, 7) is 1.78. The Kier molecular flexibility index (Phi) is 3.84. The van der Waals surface area contributed by atoms with E-state index >= 15 is 0 Å². The van der Waals surface area contributed by atoms with E-state index in [0.717, 1.165) is 0 Å². The van der Waals surface area contributed by atoms with Crippen molar-refractivity contribution in [3.8, 4) is 5.82 Å². The van der Waals surface area contributed by atoms with Crippen molar-refractivity contribution in [2.45, 2.75) is 19.3 Å². The van der Waals surface area contributed by atoms with Gasteiger partial charge in [-0.1, -0.05) is 17.7 Å². The van der Waals surface area contributed by atoms with Crippen molar-refractivity contribution in [1.82, 2.24) is 20.0 Å². The molecule has 1 unspecified atom stereocenters. The lowest BCUT2D eigenvalue weighted by Crippen LogP contribution is -2.25. The Morgan fingerprint density at radius 1 is 1.27 bits per heavy atom. The molecule has 0 bridgehead atoms. The number of hydrogen-bond donors (Lipinski definition) is 2. The smallest absolute Gasteiger partial charge is 0.264 e. The highest BCUT2D eigenvalue weighted by Crippen LogP contribution is 2.41. The number of carbonyl (C=O) groups excluding carboxylic acids is 1. The quantitative estimate of drug-likeness (QED) is 0.722. The molecular formula is C17H13ClFN5O2. The number of hydrogen-bond acceptors (Lipinski definition) is 4. The van der Waals surface area contributed by atoms with Crippen molar-refractivity contribution >= 4 is 23.3 Å². The number of H-pyrrole nitrogens is 1. The number of carbonyl (C=O) groups is 1. The minimum absolute atomic E-state index is 0.0944. The molecule has 7 nitrogen and oxygen atoms in total. The van der Waals surface area contributed by atoms with Crippen molar-refractivity contribution in [1.29, 1.82) is 0 Å². The molecule has 0 saturated carbocycles. The summed E-state index contributed by atoms with van der Waals surface area (Å²) in [7, 11) is 0. The molecule has 1 amide bonds. The van der Waals surface area contributed by atoms with Gasteiger partial charge < -0.3 is 5.32 Å². The first-order valence-corrected chi connectivity index (χ1v) is 8.22. The fraction of sp³-hybridized carbons (Fsp3) is 0.176. The van der Waals surface area contributed by atoms with Gasteiger partial charge in [0.15, 0.2) is 5.82 Å². The average Bonchev–Trinajstić information content (AvgIpc) is 2.91. The number of anilines is 1. The van der Waals surface area contributed by atoms with Gasteiger partial charge in [-0.25, -0.2) is 9.49 Å². The highest BCUT2D eigenvalue weighted by atomic mass is 35.5. The Morgan fingerprint density at radius 3 is 2.77 bits per heavy atom. The molecule has 0 spiro atoms. The zero-order valence-corrected chi connectivity index (χ0v) is 14.3. The Labute approximate surface area is 151 Å². The lowest BCUT2D eigenvalue weighted by atomic mass is 9.85. The van der Waals surface area contributed by atoms with Crippen molar-refractivity contribution in [3.05, 3.63) is 68.3 Å². The summed E-state index contributed by atoms with van der Waals surface area (Å²) < 4.78 is 15.9. The molecule has 1 atom stereocenters. The maximum atomic E-state index is 14.5. The minimum Gasteiger partial charge on any atom is -0.310 e. The van der Waals surface area contributed by atoms with E-state index in [2.05, 4.69) is 20.6 Å². The number of rotatable bonds is 2. The number of fused-ring (bicyclic) bond motifs is 1. The van der Waals surface area contributed by atoms with E-state index in [0.29, 0.717) is 28.5 Å². The van der Waals surface area contributed by atoms with Gasteiger partial charge >= 0.3 is 0 Å². The van der Waals surface area contributed by atoms with Gasteiger partial charge in [0.2, 0.25) is 5.91 Å². The highest BCUT2D eigenvalue weighted by molar-refractivity contribution is 6.30. The predicted octanol–water partition coefficient (Wildman–Crippen LogP) is 2.53. The molecule has 3 aromatic rings. The number of aromatic amines is 1. The van der Waals surface area contributed by atoms with E-state index in [1.807, 2.05) is 0 Å². The molecule has 2 aromatic heterocycles. The van der Waals surface area contributed by atoms with Crippen molar-refractivity contribution < 1.29 is 9.18 Å². The van der Waals surface area contributed by atoms with Gasteiger partial charge in [0, 0.05) is 29.0 Å². The Morgan fingerprint density at radius 2 is 2.08 bits per heavy atom. The van der Waals surface area contributed by atoms with Crippen LogP contribution in [-0.2, 0) is 4.79 Å². The molecule has 0 saturated heterocycles. The lowest BCUT2D eigenvalue weighted by molar-refractivity contribution is -0.116. The summed E-state index contributed by atoms with van der Waals surface area (Å²) in [5.74, 6) is -0.475. The minimum atomic E-state index is -0.493.